The van der Waals surface area contributed by atoms with E-state index in [9.17, 15) is 18.0 Å². The molecule has 0 bridgehead atoms. The molecule has 9 nitrogen and oxygen atoms in total. The topological polar surface area (TPSA) is 125 Å². The number of nitrogens with one attached hydrogen (secondary N) is 1. The zero-order chi connectivity index (χ0) is 18.7. The highest BCUT2D eigenvalue weighted by atomic mass is 32.2. The first-order chi connectivity index (χ1) is 12.2. The van der Waals surface area contributed by atoms with Gasteiger partial charge in [0.05, 0.1) is 22.3 Å². The summed E-state index contributed by atoms with van der Waals surface area (Å²) in [5, 5.41) is 5.33. The van der Waals surface area contributed by atoms with Gasteiger partial charge in [0.1, 0.15) is 6.10 Å². The Balaban J connectivity index is 2.02. The van der Waals surface area contributed by atoms with Gasteiger partial charge in [-0.1, -0.05) is 0 Å². The lowest BCUT2D eigenvalue weighted by atomic mass is 10.2. The summed E-state index contributed by atoms with van der Waals surface area (Å²) in [4.78, 5) is 31.0. The maximum absolute atomic E-state index is 13.0. The number of primary sulfonamides is 1. The number of hydroxylamine groups is 1. The fourth-order valence-electron chi connectivity index (χ4n) is 3.19. The second-order valence-corrected chi connectivity index (χ2v) is 8.45. The summed E-state index contributed by atoms with van der Waals surface area (Å²) in [6, 6.07) is 4.02. The molecule has 2 aliphatic rings. The lowest BCUT2D eigenvalue weighted by molar-refractivity contribution is 0.0365. The van der Waals surface area contributed by atoms with Gasteiger partial charge in [-0.15, -0.1) is 0 Å². The number of nitrogens with two attached hydrogens (primary N) is 1. The molecule has 0 spiro atoms. The van der Waals surface area contributed by atoms with Gasteiger partial charge in [-0.2, -0.15) is 0 Å². The van der Waals surface area contributed by atoms with E-state index in [4.69, 9.17) is 9.98 Å². The van der Waals surface area contributed by atoms with E-state index in [1.54, 1.807) is 16.8 Å². The van der Waals surface area contributed by atoms with Crippen LogP contribution in [0.15, 0.2) is 45.0 Å². The first-order valence-corrected chi connectivity index (χ1v) is 9.66. The Hall–Kier alpha value is -2.43. The van der Waals surface area contributed by atoms with E-state index in [1.165, 1.54) is 18.2 Å². The highest BCUT2D eigenvalue weighted by molar-refractivity contribution is 7.89. The number of hydrogen-bond acceptors (Lipinski definition) is 6. The molecule has 0 saturated heterocycles. The molecule has 1 atom stereocenters. The molecule has 0 radical (unpaired) electrons. The smallest absolute Gasteiger partial charge is 0.287 e. The van der Waals surface area contributed by atoms with Crippen LogP contribution in [0.25, 0.3) is 10.9 Å². The van der Waals surface area contributed by atoms with Crippen molar-refractivity contribution in [1.82, 2.24) is 14.6 Å². The Morgan fingerprint density at radius 3 is 2.65 bits per heavy atom. The molecule has 138 valence electrons. The van der Waals surface area contributed by atoms with E-state index in [0.29, 0.717) is 5.52 Å². The largest absolute Gasteiger partial charge is 0.332 e. The molecule has 0 amide bonds. The van der Waals surface area contributed by atoms with E-state index in [0.717, 1.165) is 17.4 Å². The van der Waals surface area contributed by atoms with E-state index in [2.05, 4.69) is 5.48 Å². The average molecular weight is 378 g/mol. The molecule has 26 heavy (non-hydrogen) atoms. The van der Waals surface area contributed by atoms with Crippen LogP contribution in [0.2, 0.25) is 0 Å². The van der Waals surface area contributed by atoms with E-state index < -0.39 is 32.9 Å². The summed E-state index contributed by atoms with van der Waals surface area (Å²) in [7, 11) is -3.97. The third-order valence-corrected chi connectivity index (χ3v) is 5.82. The molecule has 2 heterocycles. The molecule has 1 aromatic heterocycles. The highest BCUT2D eigenvalue weighted by Crippen LogP contribution is 2.43. The first kappa shape index (κ1) is 17.0. The van der Waals surface area contributed by atoms with Crippen LogP contribution >= 0.6 is 0 Å². The lowest BCUT2D eigenvalue weighted by Gasteiger charge is -2.20. The van der Waals surface area contributed by atoms with Crippen molar-refractivity contribution < 1.29 is 13.3 Å². The third-order valence-electron chi connectivity index (χ3n) is 4.91. The van der Waals surface area contributed by atoms with Gasteiger partial charge in [-0.05, 0) is 44.0 Å². The monoisotopic (exact) mass is 378 g/mol. The number of rotatable bonds is 4. The molecule has 1 aliphatic carbocycles. The second kappa shape index (κ2) is 5.53. The molecule has 1 aromatic carbocycles. The van der Waals surface area contributed by atoms with Crippen molar-refractivity contribution in [2.24, 2.45) is 5.14 Å². The highest BCUT2D eigenvalue weighted by Gasteiger charge is 2.42. The predicted octanol–water partition coefficient (Wildman–Crippen LogP) is -0.263. The zero-order valence-corrected chi connectivity index (χ0v) is 14.8. The standard InChI is InChI=1S/C16H18N4O5S/c1-16(5-6-16)20-13-3-2-11(26(17,23)24)8-12(13)14(21)19(15(20)22)9-10-4-7-18-25-10/h2-4,7-8,10,18H,5-6,9H2,1H3,(H2,17,23,24). The van der Waals surface area contributed by atoms with Gasteiger partial charge in [-0.25, -0.2) is 18.4 Å². The normalized spacial score (nSPS) is 21.1. The summed E-state index contributed by atoms with van der Waals surface area (Å²) in [5.41, 5.74) is 1.57. The van der Waals surface area contributed by atoms with Gasteiger partial charge in [0, 0.05) is 11.7 Å². The van der Waals surface area contributed by atoms with Crippen molar-refractivity contribution in [3.05, 3.63) is 51.3 Å². The Kier molecular flexibility index (Phi) is 3.62. The van der Waals surface area contributed by atoms with Gasteiger partial charge < -0.3 is 0 Å². The minimum atomic E-state index is -3.97. The van der Waals surface area contributed by atoms with Gasteiger partial charge in [0.25, 0.3) is 5.56 Å². The van der Waals surface area contributed by atoms with Crippen molar-refractivity contribution in [3.8, 4) is 0 Å². The Morgan fingerprint density at radius 2 is 2.08 bits per heavy atom. The number of hydrogen-bond donors (Lipinski definition) is 2. The van der Waals surface area contributed by atoms with Crippen LogP contribution in [0, 0.1) is 0 Å². The van der Waals surface area contributed by atoms with Crippen LogP contribution in [0.3, 0.4) is 0 Å². The minimum Gasteiger partial charge on any atom is -0.287 e. The van der Waals surface area contributed by atoms with Crippen LogP contribution in [0.1, 0.15) is 19.8 Å². The van der Waals surface area contributed by atoms with E-state index >= 15 is 0 Å². The second-order valence-electron chi connectivity index (χ2n) is 6.89. The van der Waals surface area contributed by atoms with Crippen LogP contribution < -0.4 is 21.9 Å². The van der Waals surface area contributed by atoms with Crippen LogP contribution in [-0.4, -0.2) is 23.7 Å². The Morgan fingerprint density at radius 1 is 1.35 bits per heavy atom. The Bertz CT molecular complexity index is 1160. The third kappa shape index (κ3) is 2.66. The molecule has 3 N–H and O–H groups in total. The average Bonchev–Trinajstić information content (AvgIpc) is 3.10. The van der Waals surface area contributed by atoms with Gasteiger partial charge in [0.2, 0.25) is 10.0 Å². The Labute approximate surface area is 148 Å². The van der Waals surface area contributed by atoms with E-state index in [1.807, 2.05) is 6.92 Å². The fourth-order valence-corrected chi connectivity index (χ4v) is 3.73. The number of nitrogens with zero attached hydrogens (tertiary/aromatic N) is 2. The molecule has 10 heteroatoms. The summed E-state index contributed by atoms with van der Waals surface area (Å²) in [5.74, 6) is 0. The molecular formula is C16H18N4O5S. The first-order valence-electron chi connectivity index (χ1n) is 8.11. The molecule has 4 rings (SSSR count). The van der Waals surface area contributed by atoms with Gasteiger partial charge >= 0.3 is 5.69 Å². The molecule has 1 fully saturated rings. The minimum absolute atomic E-state index is 0.0206. The number of aromatic nitrogens is 2. The molecule has 1 aliphatic heterocycles. The lowest BCUT2D eigenvalue weighted by Crippen LogP contribution is -2.45. The van der Waals surface area contributed by atoms with Crippen molar-refractivity contribution in [2.75, 3.05) is 0 Å². The summed E-state index contributed by atoms with van der Waals surface area (Å²) < 4.78 is 26.0. The molecule has 2 aromatic rings. The summed E-state index contributed by atoms with van der Waals surface area (Å²) in [6.45, 7) is 1.95. The zero-order valence-electron chi connectivity index (χ0n) is 14.0. The summed E-state index contributed by atoms with van der Waals surface area (Å²) >= 11 is 0. The number of benzene rings is 1. The van der Waals surface area contributed by atoms with Gasteiger partial charge in [0.15, 0.2) is 0 Å². The van der Waals surface area contributed by atoms with Crippen LogP contribution in [-0.2, 0) is 26.9 Å². The maximum Gasteiger partial charge on any atom is 0.332 e. The number of fused-ring (bicyclic) bond motifs is 1. The van der Waals surface area contributed by atoms with Crippen molar-refractivity contribution in [1.29, 1.82) is 0 Å². The SMILES string of the molecule is CC1(n2c(=O)n(CC3C=CNO3)c(=O)c3cc(S(N)(=O)=O)ccc32)CC1. The van der Waals surface area contributed by atoms with Crippen molar-refractivity contribution in [2.45, 2.75) is 42.8 Å². The van der Waals surface area contributed by atoms with Crippen molar-refractivity contribution >= 4 is 20.9 Å². The molecular weight excluding hydrogens is 360 g/mol. The number of sulfonamides is 1. The summed E-state index contributed by atoms with van der Waals surface area (Å²) in [6.07, 6.45) is 4.41. The van der Waals surface area contributed by atoms with Crippen LogP contribution in [0.4, 0.5) is 0 Å². The molecule has 1 saturated carbocycles. The predicted molar refractivity (Wildman–Crippen MR) is 93.9 cm³/mol. The van der Waals surface area contributed by atoms with E-state index in [-0.39, 0.29) is 16.8 Å². The van der Waals surface area contributed by atoms with Gasteiger partial charge in [-0.3, -0.25) is 24.2 Å². The maximum atomic E-state index is 13.0. The fraction of sp³-hybridized carbons (Fsp3) is 0.375. The van der Waals surface area contributed by atoms with Crippen molar-refractivity contribution in [3.63, 3.8) is 0 Å². The quantitative estimate of drug-likeness (QED) is 0.755. The molecule has 1 unspecified atom stereocenters. The van der Waals surface area contributed by atoms with Crippen LogP contribution in [0.5, 0.6) is 0 Å².